The number of aliphatic carboxylic acids is 1. The Bertz CT molecular complexity index is 2100. The van der Waals surface area contributed by atoms with E-state index in [0.29, 0.717) is 42.2 Å². The van der Waals surface area contributed by atoms with Gasteiger partial charge in [-0.25, -0.2) is 19.6 Å². The molecule has 1 aliphatic carbocycles. The SMILES string of the molecule is COc1ccc(CN2CCCCC/C=C/C3CC3(C(=O)O)NC(=O)C3CC(Oc4cc(-c5nc(C(C)C)cs5)nc5c(C)c(OC)ccc45)CN3C2=O)cc1. The number of hydrogen-bond donors (Lipinski definition) is 2. The molecule has 2 aliphatic heterocycles. The van der Waals surface area contributed by atoms with Gasteiger partial charge in [0.25, 0.3) is 0 Å². The van der Waals surface area contributed by atoms with Gasteiger partial charge in [0.05, 0.1) is 32.0 Å². The lowest BCUT2D eigenvalue weighted by atomic mass is 10.1. The molecule has 12 nitrogen and oxygen atoms in total. The van der Waals surface area contributed by atoms with Crippen LogP contribution in [0.2, 0.25) is 0 Å². The number of thiazole rings is 1. The van der Waals surface area contributed by atoms with Crippen LogP contribution in [-0.2, 0) is 16.1 Å². The highest BCUT2D eigenvalue weighted by molar-refractivity contribution is 7.13. The first kappa shape index (κ1) is 38.1. The highest BCUT2D eigenvalue weighted by atomic mass is 32.1. The smallest absolute Gasteiger partial charge is 0.330 e. The summed E-state index contributed by atoms with van der Waals surface area (Å²) in [7, 11) is 3.24. The predicted molar refractivity (Wildman–Crippen MR) is 211 cm³/mol. The summed E-state index contributed by atoms with van der Waals surface area (Å²) in [5.41, 5.74) is 2.71. The van der Waals surface area contributed by atoms with Gasteiger partial charge < -0.3 is 34.4 Å². The first-order valence-electron chi connectivity index (χ1n) is 19.0. The third-order valence-electron chi connectivity index (χ3n) is 11.0. The van der Waals surface area contributed by atoms with Gasteiger partial charge in [0.2, 0.25) is 5.91 Å². The van der Waals surface area contributed by atoms with Crippen LogP contribution in [0, 0.1) is 12.8 Å². The largest absolute Gasteiger partial charge is 0.497 e. The van der Waals surface area contributed by atoms with Gasteiger partial charge in [-0.3, -0.25) is 4.79 Å². The van der Waals surface area contributed by atoms with Gasteiger partial charge >= 0.3 is 12.0 Å². The Balaban J connectivity index is 1.24. The number of benzene rings is 2. The van der Waals surface area contributed by atoms with Gasteiger partial charge in [-0.05, 0) is 68.4 Å². The fourth-order valence-corrected chi connectivity index (χ4v) is 8.58. The number of hydrogen-bond acceptors (Lipinski definition) is 9. The number of allylic oxidation sites excluding steroid dienone is 1. The van der Waals surface area contributed by atoms with E-state index in [2.05, 4.69) is 19.2 Å². The number of amides is 3. The van der Waals surface area contributed by atoms with Crippen LogP contribution in [0.3, 0.4) is 0 Å². The van der Waals surface area contributed by atoms with E-state index in [4.69, 9.17) is 24.2 Å². The van der Waals surface area contributed by atoms with Crippen LogP contribution in [0.15, 0.2) is 60.0 Å². The standard InChI is InChI=1S/C42H49N5O7S/c1-25(2)33-24-55-39(44-33)32-20-36(31-16-17-35(53-5)26(3)37(31)43-32)54-30-19-34-38(48)45-42(40(49)50)21-28(42)11-9-7-6-8-10-18-46(41(51)47(34)23-30)22-27-12-14-29(52-4)15-13-27/h9,11-17,20,24-25,28,30,34H,6-8,10,18-19,21-23H2,1-5H3,(H,45,48)(H,49,50)/b11-9+. The van der Waals surface area contributed by atoms with Crippen molar-refractivity contribution in [2.24, 2.45) is 5.92 Å². The lowest BCUT2D eigenvalue weighted by Gasteiger charge is -2.32. The van der Waals surface area contributed by atoms with Crippen molar-refractivity contribution in [2.45, 2.75) is 89.4 Å². The zero-order chi connectivity index (χ0) is 38.9. The molecule has 55 heavy (non-hydrogen) atoms. The summed E-state index contributed by atoms with van der Waals surface area (Å²) in [6.07, 6.45) is 7.24. The molecular formula is C42H49N5O7S. The number of pyridine rings is 1. The molecule has 1 saturated carbocycles. The number of fused-ring (bicyclic) bond motifs is 3. The molecule has 4 unspecified atom stereocenters. The maximum atomic E-state index is 14.7. The van der Waals surface area contributed by atoms with E-state index in [1.807, 2.05) is 66.9 Å². The lowest BCUT2D eigenvalue weighted by molar-refractivity contribution is -0.144. The van der Waals surface area contributed by atoms with Gasteiger partial charge in [0.1, 0.15) is 45.6 Å². The molecule has 3 amide bonds. The van der Waals surface area contributed by atoms with E-state index in [0.717, 1.165) is 58.6 Å². The maximum Gasteiger partial charge on any atom is 0.330 e. The predicted octanol–water partition coefficient (Wildman–Crippen LogP) is 7.34. The molecule has 0 radical (unpaired) electrons. The van der Waals surface area contributed by atoms with Crippen LogP contribution in [0.1, 0.15) is 75.1 Å². The first-order chi connectivity index (χ1) is 26.5. The van der Waals surface area contributed by atoms with Crippen LogP contribution < -0.4 is 19.5 Å². The van der Waals surface area contributed by atoms with Gasteiger partial charge in [-0.15, -0.1) is 11.3 Å². The van der Waals surface area contributed by atoms with E-state index in [1.165, 1.54) is 11.3 Å². The molecule has 2 aromatic carbocycles. The average molecular weight is 768 g/mol. The molecule has 290 valence electrons. The molecule has 2 N–H and O–H groups in total. The van der Waals surface area contributed by atoms with Crippen molar-refractivity contribution >= 4 is 40.1 Å². The second-order valence-corrected chi connectivity index (χ2v) is 15.9. The number of carbonyl (C=O) groups is 3. The van der Waals surface area contributed by atoms with Crippen molar-refractivity contribution in [3.05, 3.63) is 76.8 Å². The Morgan fingerprint density at radius 1 is 1.05 bits per heavy atom. The third kappa shape index (κ3) is 7.85. The molecule has 3 aliphatic rings. The fraction of sp³-hybridized carbons (Fsp3) is 0.452. The molecule has 4 aromatic rings. The summed E-state index contributed by atoms with van der Waals surface area (Å²) in [5.74, 6) is 0.331. The van der Waals surface area contributed by atoms with Crippen molar-refractivity contribution < 1.29 is 33.7 Å². The zero-order valence-corrected chi connectivity index (χ0v) is 32.9. The topological polar surface area (TPSA) is 143 Å². The summed E-state index contributed by atoms with van der Waals surface area (Å²) in [6, 6.07) is 12.0. The summed E-state index contributed by atoms with van der Waals surface area (Å²) >= 11 is 1.52. The van der Waals surface area contributed by atoms with Gasteiger partial charge in [0.15, 0.2) is 0 Å². The number of ether oxygens (including phenoxy) is 3. The number of rotatable bonds is 9. The monoisotopic (exact) mass is 767 g/mol. The van der Waals surface area contributed by atoms with Crippen molar-refractivity contribution in [2.75, 3.05) is 27.3 Å². The van der Waals surface area contributed by atoms with Crippen LogP contribution in [0.5, 0.6) is 17.2 Å². The molecule has 1 saturated heterocycles. The Morgan fingerprint density at radius 2 is 1.85 bits per heavy atom. The molecule has 4 heterocycles. The van der Waals surface area contributed by atoms with Gasteiger partial charge in [-0.2, -0.15) is 0 Å². The van der Waals surface area contributed by atoms with Crippen LogP contribution in [-0.4, -0.2) is 87.8 Å². The number of urea groups is 1. The minimum absolute atomic E-state index is 0.127. The summed E-state index contributed by atoms with van der Waals surface area (Å²) in [4.78, 5) is 54.8. The van der Waals surface area contributed by atoms with Crippen molar-refractivity contribution in [1.29, 1.82) is 0 Å². The lowest BCUT2D eigenvalue weighted by Crippen LogP contribution is -2.55. The van der Waals surface area contributed by atoms with Crippen molar-refractivity contribution in [3.63, 3.8) is 0 Å². The van der Waals surface area contributed by atoms with Crippen LogP contribution in [0.25, 0.3) is 21.6 Å². The number of aromatic nitrogens is 2. The van der Waals surface area contributed by atoms with E-state index in [9.17, 15) is 19.5 Å². The van der Waals surface area contributed by atoms with E-state index in [-0.39, 0.29) is 30.8 Å². The summed E-state index contributed by atoms with van der Waals surface area (Å²) in [5, 5.41) is 16.8. The van der Waals surface area contributed by atoms with Crippen LogP contribution in [0.4, 0.5) is 4.79 Å². The molecule has 2 fully saturated rings. The summed E-state index contributed by atoms with van der Waals surface area (Å²) in [6.45, 7) is 7.12. The van der Waals surface area contributed by atoms with E-state index in [1.54, 1.807) is 24.0 Å². The number of methoxy groups -OCH3 is 2. The molecule has 4 atom stereocenters. The fourth-order valence-electron chi connectivity index (χ4n) is 7.64. The quantitative estimate of drug-likeness (QED) is 0.167. The minimum Gasteiger partial charge on any atom is -0.497 e. The average Bonchev–Trinajstić information content (AvgIpc) is 3.47. The number of carboxylic acids is 1. The molecule has 7 rings (SSSR count). The van der Waals surface area contributed by atoms with E-state index >= 15 is 0 Å². The maximum absolute atomic E-state index is 14.7. The third-order valence-corrected chi connectivity index (χ3v) is 11.9. The van der Waals surface area contributed by atoms with E-state index < -0.39 is 29.6 Å². The van der Waals surface area contributed by atoms with Crippen molar-refractivity contribution in [1.82, 2.24) is 25.1 Å². The zero-order valence-electron chi connectivity index (χ0n) is 32.0. The Hall–Kier alpha value is -5.17. The molecule has 0 bridgehead atoms. The second kappa shape index (κ2) is 15.9. The van der Waals surface area contributed by atoms with Gasteiger partial charge in [-0.1, -0.05) is 44.6 Å². The number of carboxylic acid groups (broad SMARTS) is 1. The first-order valence-corrected chi connectivity index (χ1v) is 19.9. The Kier molecular flexibility index (Phi) is 11.0. The normalized spacial score (nSPS) is 23.7. The molecule has 13 heteroatoms. The second-order valence-electron chi connectivity index (χ2n) is 15.1. The molecule has 0 spiro atoms. The highest BCUT2D eigenvalue weighted by Gasteiger charge is 2.61. The number of carbonyl (C=O) groups excluding carboxylic acids is 2. The molecule has 2 aromatic heterocycles. The number of aryl methyl sites for hydroxylation is 1. The Morgan fingerprint density at radius 3 is 2.56 bits per heavy atom. The van der Waals surface area contributed by atoms with Gasteiger partial charge in [0, 0.05) is 47.8 Å². The summed E-state index contributed by atoms with van der Waals surface area (Å²) < 4.78 is 17.8. The Labute approximate surface area is 325 Å². The van der Waals surface area contributed by atoms with Crippen molar-refractivity contribution in [3.8, 4) is 28.0 Å². The number of nitrogens with zero attached hydrogens (tertiary/aromatic N) is 4. The minimum atomic E-state index is -1.40. The van der Waals surface area contributed by atoms with Crippen LogP contribution >= 0.6 is 11.3 Å². The molecular weight excluding hydrogens is 719 g/mol. The number of nitrogens with one attached hydrogen (secondary N) is 1. The highest BCUT2D eigenvalue weighted by Crippen LogP contribution is 2.46.